The van der Waals surface area contributed by atoms with Crippen molar-refractivity contribution in [1.29, 1.82) is 0 Å². The predicted octanol–water partition coefficient (Wildman–Crippen LogP) is 6.61. The van der Waals surface area contributed by atoms with Crippen molar-refractivity contribution in [2.45, 2.75) is 136 Å². The number of phosphoric ester groups is 1. The maximum atomic E-state index is 12.1. The van der Waals surface area contributed by atoms with Crippen LogP contribution in [0.15, 0.2) is 0 Å². The number of rotatable bonds is 24. The number of hydrogen-bond donors (Lipinski definition) is 2. The van der Waals surface area contributed by atoms with Gasteiger partial charge in [-0.05, 0) is 12.8 Å². The first kappa shape index (κ1) is 33.0. The van der Waals surface area contributed by atoms with Crippen LogP contribution in [0.25, 0.3) is 0 Å². The molecule has 0 aliphatic carbocycles. The highest BCUT2D eigenvalue weighted by atomic mass is 31.2. The zero-order valence-electron chi connectivity index (χ0n) is 21.5. The summed E-state index contributed by atoms with van der Waals surface area (Å²) in [4.78, 5) is 42.0. The topological polar surface area (TPSA) is 119 Å². The molecular weight excluding hydrogens is 459 g/mol. The summed E-state index contributed by atoms with van der Waals surface area (Å²) in [5, 5.41) is 0. The fourth-order valence-electron chi connectivity index (χ4n) is 3.61. The minimum Gasteiger partial charge on any atom is -0.462 e. The summed E-state index contributed by atoms with van der Waals surface area (Å²) in [7, 11) is -4.72. The van der Waals surface area contributed by atoms with Gasteiger partial charge >= 0.3 is 19.8 Å². The van der Waals surface area contributed by atoms with Gasteiger partial charge in [-0.1, -0.05) is 104 Å². The van der Waals surface area contributed by atoms with Crippen LogP contribution in [-0.2, 0) is 28.2 Å². The van der Waals surface area contributed by atoms with Crippen LogP contribution in [0.5, 0.6) is 0 Å². The Morgan fingerprint density at radius 3 is 1.50 bits per heavy atom. The number of ether oxygens (including phenoxy) is 2. The van der Waals surface area contributed by atoms with E-state index in [-0.39, 0.29) is 19.4 Å². The molecule has 0 heterocycles. The van der Waals surface area contributed by atoms with E-state index in [9.17, 15) is 14.2 Å². The summed E-state index contributed by atoms with van der Waals surface area (Å²) >= 11 is 0. The summed E-state index contributed by atoms with van der Waals surface area (Å²) < 4.78 is 25.9. The molecule has 0 aromatic carbocycles. The Balaban J connectivity index is 4.11. The first-order valence-corrected chi connectivity index (χ1v) is 14.9. The van der Waals surface area contributed by atoms with Crippen molar-refractivity contribution in [2.24, 2.45) is 0 Å². The van der Waals surface area contributed by atoms with Gasteiger partial charge < -0.3 is 19.3 Å². The molecule has 2 N–H and O–H groups in total. The molecule has 202 valence electrons. The third kappa shape index (κ3) is 24.2. The third-order valence-electron chi connectivity index (χ3n) is 5.63. The lowest BCUT2D eigenvalue weighted by atomic mass is 10.1. The van der Waals surface area contributed by atoms with Gasteiger partial charge in [-0.25, -0.2) is 4.57 Å². The van der Waals surface area contributed by atoms with E-state index < -0.39 is 32.5 Å². The molecule has 0 fully saturated rings. The van der Waals surface area contributed by atoms with Crippen LogP contribution in [0.4, 0.5) is 0 Å². The maximum Gasteiger partial charge on any atom is 0.469 e. The highest BCUT2D eigenvalue weighted by molar-refractivity contribution is 7.46. The number of phosphoric acid groups is 1. The van der Waals surface area contributed by atoms with Crippen molar-refractivity contribution >= 4 is 19.8 Å². The highest BCUT2D eigenvalue weighted by Crippen LogP contribution is 2.35. The van der Waals surface area contributed by atoms with E-state index in [4.69, 9.17) is 19.3 Å². The molecule has 0 saturated carbocycles. The van der Waals surface area contributed by atoms with Crippen LogP contribution in [0.3, 0.4) is 0 Å². The van der Waals surface area contributed by atoms with Crippen LogP contribution >= 0.6 is 7.82 Å². The molecule has 0 aliphatic heterocycles. The van der Waals surface area contributed by atoms with E-state index in [2.05, 4.69) is 18.4 Å². The van der Waals surface area contributed by atoms with Crippen LogP contribution in [0, 0.1) is 0 Å². The van der Waals surface area contributed by atoms with E-state index in [0.29, 0.717) is 6.42 Å². The zero-order chi connectivity index (χ0) is 25.5. The van der Waals surface area contributed by atoms with E-state index in [1.54, 1.807) is 0 Å². The summed E-state index contributed by atoms with van der Waals surface area (Å²) in [5.41, 5.74) is 0. The van der Waals surface area contributed by atoms with Gasteiger partial charge in [0.15, 0.2) is 6.10 Å². The summed E-state index contributed by atoms with van der Waals surface area (Å²) in [6.07, 6.45) is 17.2. The second-order valence-electron chi connectivity index (χ2n) is 9.03. The predicted molar refractivity (Wildman–Crippen MR) is 133 cm³/mol. The number of esters is 2. The second-order valence-corrected chi connectivity index (χ2v) is 10.3. The number of carbonyl (C=O) groups is 2. The number of unbranched alkanes of at least 4 members (excludes halogenated alkanes) is 14. The molecule has 0 bridgehead atoms. The Morgan fingerprint density at radius 2 is 1.06 bits per heavy atom. The molecule has 0 radical (unpaired) electrons. The van der Waals surface area contributed by atoms with Gasteiger partial charge in [-0.15, -0.1) is 0 Å². The standard InChI is InChI=1S/C25H49O8P/c1-3-5-7-9-11-12-14-15-17-19-24(26)31-21-23(22-32-34(28,29)30)33-25(27)20-18-16-13-10-8-6-4-2/h23H,3-22H2,1-2H3,(H2,28,29,30)/t23-/m1/s1. The highest BCUT2D eigenvalue weighted by Gasteiger charge is 2.22. The lowest BCUT2D eigenvalue weighted by molar-refractivity contribution is -0.161. The van der Waals surface area contributed by atoms with Gasteiger partial charge in [-0.2, -0.15) is 0 Å². The normalized spacial score (nSPS) is 12.5. The summed E-state index contributed by atoms with van der Waals surface area (Å²) in [6.45, 7) is 3.56. The van der Waals surface area contributed by atoms with Crippen LogP contribution in [0.2, 0.25) is 0 Å². The average molecular weight is 509 g/mol. The minimum absolute atomic E-state index is 0.215. The largest absolute Gasteiger partial charge is 0.469 e. The molecule has 0 rings (SSSR count). The van der Waals surface area contributed by atoms with E-state index in [1.165, 1.54) is 57.8 Å². The molecule has 0 unspecified atom stereocenters. The second kappa shape index (κ2) is 22.5. The number of carbonyl (C=O) groups excluding carboxylic acids is 2. The summed E-state index contributed by atoms with van der Waals surface area (Å²) in [6, 6.07) is 0. The monoisotopic (exact) mass is 508 g/mol. The zero-order valence-corrected chi connectivity index (χ0v) is 22.4. The molecular formula is C25H49O8P. The lowest BCUT2D eigenvalue weighted by Gasteiger charge is -2.18. The molecule has 8 nitrogen and oxygen atoms in total. The van der Waals surface area contributed by atoms with Crippen molar-refractivity contribution < 1.29 is 37.9 Å². The van der Waals surface area contributed by atoms with Gasteiger partial charge in [0.2, 0.25) is 0 Å². The first-order chi connectivity index (χ1) is 16.3. The van der Waals surface area contributed by atoms with Crippen LogP contribution in [-0.4, -0.2) is 41.0 Å². The molecule has 0 saturated heterocycles. The van der Waals surface area contributed by atoms with Gasteiger partial charge in [0.05, 0.1) is 6.61 Å². The van der Waals surface area contributed by atoms with E-state index >= 15 is 0 Å². The third-order valence-corrected chi connectivity index (χ3v) is 6.11. The molecule has 0 aromatic rings. The Morgan fingerprint density at radius 1 is 0.647 bits per heavy atom. The first-order valence-electron chi connectivity index (χ1n) is 13.3. The lowest BCUT2D eigenvalue weighted by Crippen LogP contribution is -2.29. The van der Waals surface area contributed by atoms with Crippen molar-refractivity contribution in [3.05, 3.63) is 0 Å². The van der Waals surface area contributed by atoms with Gasteiger partial charge in [0, 0.05) is 12.8 Å². The van der Waals surface area contributed by atoms with Gasteiger partial charge in [-0.3, -0.25) is 14.1 Å². The SMILES string of the molecule is CCCCCCCCCCCC(=O)OC[C@H](COP(=O)(O)O)OC(=O)CCCCCCCCC. The Bertz CT molecular complexity index is 549. The van der Waals surface area contributed by atoms with Crippen LogP contribution in [0.1, 0.15) is 129 Å². The Kier molecular flexibility index (Phi) is 21.9. The quantitative estimate of drug-likeness (QED) is 0.0849. The van der Waals surface area contributed by atoms with Crippen molar-refractivity contribution in [3.8, 4) is 0 Å². The van der Waals surface area contributed by atoms with Crippen molar-refractivity contribution in [2.75, 3.05) is 13.2 Å². The summed E-state index contributed by atoms with van der Waals surface area (Å²) in [5.74, 6) is -0.893. The fraction of sp³-hybridized carbons (Fsp3) is 0.920. The van der Waals surface area contributed by atoms with Gasteiger partial charge in [0.1, 0.15) is 6.61 Å². The fourth-order valence-corrected chi connectivity index (χ4v) is 3.97. The molecule has 0 spiro atoms. The van der Waals surface area contributed by atoms with E-state index in [1.807, 2.05) is 0 Å². The smallest absolute Gasteiger partial charge is 0.462 e. The number of hydrogen-bond acceptors (Lipinski definition) is 6. The molecule has 0 aromatic heterocycles. The Hall–Kier alpha value is -0.950. The molecule has 1 atom stereocenters. The van der Waals surface area contributed by atoms with Gasteiger partial charge in [0.25, 0.3) is 0 Å². The average Bonchev–Trinajstić information content (AvgIpc) is 2.78. The Labute approximate surface area is 206 Å². The molecule has 0 aliphatic rings. The molecule has 34 heavy (non-hydrogen) atoms. The van der Waals surface area contributed by atoms with Crippen molar-refractivity contribution in [1.82, 2.24) is 0 Å². The molecule has 0 amide bonds. The van der Waals surface area contributed by atoms with E-state index in [0.717, 1.165) is 38.5 Å². The van der Waals surface area contributed by atoms with Crippen LogP contribution < -0.4 is 0 Å². The molecule has 9 heteroatoms. The maximum absolute atomic E-state index is 12.1. The minimum atomic E-state index is -4.72. The van der Waals surface area contributed by atoms with Crippen molar-refractivity contribution in [3.63, 3.8) is 0 Å².